The molecule has 12 heteroatoms. The van der Waals surface area contributed by atoms with Crippen molar-refractivity contribution < 1.29 is 31.9 Å². The molecule has 1 unspecified atom stereocenters. The van der Waals surface area contributed by atoms with E-state index in [-0.39, 0.29) is 0 Å². The normalized spacial score (nSPS) is 16.0. The first-order chi connectivity index (χ1) is 13.0. The van der Waals surface area contributed by atoms with Crippen LogP contribution in [0.25, 0.3) is 0 Å². The predicted molar refractivity (Wildman–Crippen MR) is 84.3 cm³/mol. The van der Waals surface area contributed by atoms with Crippen LogP contribution in [0.5, 0.6) is 0 Å². The molecule has 7 nitrogen and oxygen atoms in total. The van der Waals surface area contributed by atoms with E-state index in [1.807, 2.05) is 0 Å². The molecule has 2 aromatic rings. The highest BCUT2D eigenvalue weighted by Crippen LogP contribution is 2.35. The maximum atomic E-state index is 14.1. The van der Waals surface area contributed by atoms with Crippen LogP contribution in [0.15, 0.2) is 14.6 Å². The standard InChI is InChI=1S/C16H10F5N3O4/c1-23-13-6(14(25)24(2)16(23)28)4(15(26)27)3-5(22-13)7-8(17)10(19)12(21)11(20)9(7)18/h4H,3H2,1-2H3,(H,26,27). The number of hydrogen-bond donors (Lipinski definition) is 1. The number of nitrogens with zero attached hydrogens (tertiary/aromatic N) is 3. The van der Waals surface area contributed by atoms with Gasteiger partial charge in [0.05, 0.1) is 22.8 Å². The van der Waals surface area contributed by atoms with Gasteiger partial charge in [0.15, 0.2) is 23.3 Å². The molecule has 0 amide bonds. The molecule has 0 bridgehead atoms. The largest absolute Gasteiger partial charge is 0.481 e. The number of aliphatic carboxylic acids is 1. The van der Waals surface area contributed by atoms with Gasteiger partial charge in [0.2, 0.25) is 5.82 Å². The van der Waals surface area contributed by atoms with E-state index in [1.165, 1.54) is 0 Å². The Bertz CT molecular complexity index is 1170. The molecule has 0 fully saturated rings. The van der Waals surface area contributed by atoms with Crippen LogP contribution in [-0.4, -0.2) is 25.9 Å². The van der Waals surface area contributed by atoms with Gasteiger partial charge in [-0.25, -0.2) is 31.7 Å². The van der Waals surface area contributed by atoms with E-state index >= 15 is 0 Å². The van der Waals surface area contributed by atoms with Crippen LogP contribution < -0.4 is 11.2 Å². The summed E-state index contributed by atoms with van der Waals surface area (Å²) in [6.45, 7) is 0. The Labute approximate surface area is 152 Å². The number of carboxylic acids is 1. The van der Waals surface area contributed by atoms with Crippen LogP contribution in [0.4, 0.5) is 27.8 Å². The minimum atomic E-state index is -2.38. The fourth-order valence-corrected chi connectivity index (χ4v) is 3.00. The molecule has 28 heavy (non-hydrogen) atoms. The lowest BCUT2D eigenvalue weighted by Gasteiger charge is -2.24. The van der Waals surface area contributed by atoms with E-state index in [9.17, 15) is 41.4 Å². The van der Waals surface area contributed by atoms with Crippen molar-refractivity contribution in [2.24, 2.45) is 19.1 Å². The van der Waals surface area contributed by atoms with Gasteiger partial charge < -0.3 is 5.11 Å². The zero-order valence-electron chi connectivity index (χ0n) is 14.2. The number of carbonyl (C=O) groups is 1. The molecule has 0 saturated heterocycles. The Morgan fingerprint density at radius 3 is 1.96 bits per heavy atom. The van der Waals surface area contributed by atoms with Gasteiger partial charge in [-0.1, -0.05) is 0 Å². The molecule has 0 spiro atoms. The third-order valence-electron chi connectivity index (χ3n) is 4.45. The summed E-state index contributed by atoms with van der Waals surface area (Å²) in [6.07, 6.45) is -0.825. The number of aliphatic imine (C=N–C) groups is 1. The zero-order valence-corrected chi connectivity index (χ0v) is 14.2. The number of hydrogen-bond acceptors (Lipinski definition) is 4. The molecular weight excluding hydrogens is 393 g/mol. The first-order valence-electron chi connectivity index (χ1n) is 7.61. The quantitative estimate of drug-likeness (QED) is 0.467. The number of rotatable bonds is 2. The minimum Gasteiger partial charge on any atom is -0.481 e. The molecule has 1 N–H and O–H groups in total. The second-order valence-electron chi connectivity index (χ2n) is 6.04. The van der Waals surface area contributed by atoms with Crippen molar-refractivity contribution in [2.75, 3.05) is 0 Å². The monoisotopic (exact) mass is 403 g/mol. The summed E-state index contributed by atoms with van der Waals surface area (Å²) < 4.78 is 70.0. The summed E-state index contributed by atoms with van der Waals surface area (Å²) in [6, 6.07) is 0. The van der Waals surface area contributed by atoms with E-state index in [0.29, 0.717) is 4.57 Å². The molecule has 1 aromatic heterocycles. The van der Waals surface area contributed by atoms with E-state index in [1.54, 1.807) is 0 Å². The number of carboxylic acid groups (broad SMARTS) is 1. The molecule has 0 saturated carbocycles. The minimum absolute atomic E-state index is 0.440. The number of aromatic nitrogens is 2. The fourth-order valence-electron chi connectivity index (χ4n) is 3.00. The Hall–Kier alpha value is -3.31. The van der Waals surface area contributed by atoms with Crippen molar-refractivity contribution in [2.45, 2.75) is 12.3 Å². The van der Waals surface area contributed by atoms with Crippen LogP contribution in [0.1, 0.15) is 23.5 Å². The van der Waals surface area contributed by atoms with Crippen LogP contribution in [0.3, 0.4) is 0 Å². The molecule has 1 aliphatic rings. The first-order valence-corrected chi connectivity index (χ1v) is 7.61. The summed E-state index contributed by atoms with van der Waals surface area (Å²) in [5, 5.41) is 9.43. The summed E-state index contributed by atoms with van der Waals surface area (Å²) in [5.74, 6) is -15.1. The summed E-state index contributed by atoms with van der Waals surface area (Å²) in [7, 11) is 2.21. The van der Waals surface area contributed by atoms with E-state index < -0.39 is 81.3 Å². The Morgan fingerprint density at radius 2 is 1.46 bits per heavy atom. The molecular formula is C16H10F5N3O4. The van der Waals surface area contributed by atoms with Crippen LogP contribution in [0.2, 0.25) is 0 Å². The van der Waals surface area contributed by atoms with Crippen LogP contribution in [0, 0.1) is 29.1 Å². The van der Waals surface area contributed by atoms with Gasteiger partial charge in [0, 0.05) is 20.5 Å². The van der Waals surface area contributed by atoms with E-state index in [4.69, 9.17) is 0 Å². The van der Waals surface area contributed by atoms with E-state index in [0.717, 1.165) is 18.7 Å². The fraction of sp³-hybridized carbons (Fsp3) is 0.250. The molecule has 1 aliphatic heterocycles. The number of benzene rings is 1. The van der Waals surface area contributed by atoms with Gasteiger partial charge in [0.1, 0.15) is 5.82 Å². The molecule has 0 aliphatic carbocycles. The summed E-state index contributed by atoms with van der Waals surface area (Å²) in [5.41, 5.74) is -4.57. The molecule has 1 atom stereocenters. The average molecular weight is 403 g/mol. The van der Waals surface area contributed by atoms with Gasteiger partial charge in [-0.05, 0) is 0 Å². The third kappa shape index (κ3) is 2.55. The van der Waals surface area contributed by atoms with E-state index in [2.05, 4.69) is 4.99 Å². The Balaban J connectivity index is 2.43. The highest BCUT2D eigenvalue weighted by atomic mass is 19.2. The van der Waals surface area contributed by atoms with Gasteiger partial charge >= 0.3 is 11.7 Å². The highest BCUT2D eigenvalue weighted by molar-refractivity contribution is 6.06. The van der Waals surface area contributed by atoms with Crippen molar-refractivity contribution in [1.82, 2.24) is 9.13 Å². The molecule has 148 valence electrons. The number of fused-ring (bicyclic) bond motifs is 1. The second-order valence-corrected chi connectivity index (χ2v) is 6.04. The van der Waals surface area contributed by atoms with Gasteiger partial charge in [-0.3, -0.25) is 18.7 Å². The topological polar surface area (TPSA) is 93.7 Å². The van der Waals surface area contributed by atoms with Crippen molar-refractivity contribution in [3.63, 3.8) is 0 Å². The molecule has 0 radical (unpaired) electrons. The van der Waals surface area contributed by atoms with Crippen molar-refractivity contribution in [3.05, 3.63) is 61.1 Å². The van der Waals surface area contributed by atoms with Gasteiger partial charge in [0.25, 0.3) is 5.56 Å². The molecule has 2 heterocycles. The van der Waals surface area contributed by atoms with Crippen LogP contribution >= 0.6 is 0 Å². The van der Waals surface area contributed by atoms with Gasteiger partial charge in [-0.2, -0.15) is 0 Å². The number of halogens is 5. The maximum absolute atomic E-state index is 14.1. The van der Waals surface area contributed by atoms with Crippen LogP contribution in [-0.2, 0) is 18.9 Å². The SMILES string of the molecule is Cn1c2c(c(=O)n(C)c1=O)C(C(=O)O)CC(c1c(F)c(F)c(F)c(F)c1F)=N2. The molecule has 1 aromatic carbocycles. The zero-order chi connectivity index (χ0) is 21.1. The molecule has 3 rings (SSSR count). The Kier molecular flexibility index (Phi) is 4.44. The first kappa shape index (κ1) is 19.5. The highest BCUT2D eigenvalue weighted by Gasteiger charge is 2.37. The lowest BCUT2D eigenvalue weighted by Crippen LogP contribution is -2.42. The van der Waals surface area contributed by atoms with Gasteiger partial charge in [-0.15, -0.1) is 0 Å². The maximum Gasteiger partial charge on any atom is 0.332 e. The van der Waals surface area contributed by atoms with Crippen molar-refractivity contribution >= 4 is 17.5 Å². The lowest BCUT2D eigenvalue weighted by atomic mass is 9.88. The lowest BCUT2D eigenvalue weighted by molar-refractivity contribution is -0.138. The smallest absolute Gasteiger partial charge is 0.332 e. The second kappa shape index (κ2) is 6.39. The summed E-state index contributed by atoms with van der Waals surface area (Å²) >= 11 is 0. The Morgan fingerprint density at radius 1 is 0.964 bits per heavy atom. The van der Waals surface area contributed by atoms with Crippen molar-refractivity contribution in [1.29, 1.82) is 0 Å². The predicted octanol–water partition coefficient (Wildman–Crippen LogP) is 1.47. The third-order valence-corrected chi connectivity index (χ3v) is 4.45. The summed E-state index contributed by atoms with van der Waals surface area (Å²) in [4.78, 5) is 39.7. The average Bonchev–Trinajstić information content (AvgIpc) is 2.66. The van der Waals surface area contributed by atoms with Crippen molar-refractivity contribution in [3.8, 4) is 0 Å².